The third-order valence-electron chi connectivity index (χ3n) is 3.45. The van der Waals surface area contributed by atoms with E-state index in [1.165, 1.54) is 0 Å². The Balaban J connectivity index is 2.44. The first-order valence-electron chi connectivity index (χ1n) is 7.86. The molecule has 0 spiro atoms. The van der Waals surface area contributed by atoms with Crippen LogP contribution in [-0.4, -0.2) is 58.3 Å². The molecule has 23 heavy (non-hydrogen) atoms. The van der Waals surface area contributed by atoms with E-state index < -0.39 is 0 Å². The number of methoxy groups -OCH3 is 2. The van der Waals surface area contributed by atoms with E-state index in [2.05, 4.69) is 29.6 Å². The molecule has 130 valence electrons. The third kappa shape index (κ3) is 7.34. The molecule has 0 radical (unpaired) electrons. The highest BCUT2D eigenvalue weighted by molar-refractivity contribution is 5.92. The van der Waals surface area contributed by atoms with Crippen molar-refractivity contribution >= 4 is 11.6 Å². The topological polar surface area (TPSA) is 62.8 Å². The molecule has 0 aliphatic heterocycles. The zero-order valence-corrected chi connectivity index (χ0v) is 14.8. The van der Waals surface area contributed by atoms with E-state index >= 15 is 0 Å². The molecule has 0 bridgehead atoms. The molecule has 0 aliphatic carbocycles. The fourth-order valence-corrected chi connectivity index (χ4v) is 2.20. The van der Waals surface area contributed by atoms with Crippen LogP contribution in [0.1, 0.15) is 19.8 Å². The fraction of sp³-hybridized carbons (Fsp3) is 0.588. The van der Waals surface area contributed by atoms with E-state index in [1.54, 1.807) is 32.4 Å². The smallest absolute Gasteiger partial charge is 0.226 e. The first-order valence-corrected chi connectivity index (χ1v) is 7.86. The Kier molecular flexibility index (Phi) is 8.43. The van der Waals surface area contributed by atoms with Crippen molar-refractivity contribution in [3.8, 4) is 11.5 Å². The fourth-order valence-electron chi connectivity index (χ4n) is 2.20. The molecular weight excluding hydrogens is 294 g/mol. The van der Waals surface area contributed by atoms with Gasteiger partial charge in [-0.2, -0.15) is 0 Å². The lowest BCUT2D eigenvalue weighted by molar-refractivity contribution is -0.116. The summed E-state index contributed by atoms with van der Waals surface area (Å²) in [6, 6.07) is 5.45. The van der Waals surface area contributed by atoms with Crippen molar-refractivity contribution in [3.63, 3.8) is 0 Å². The van der Waals surface area contributed by atoms with Gasteiger partial charge in [-0.15, -0.1) is 0 Å². The van der Waals surface area contributed by atoms with Crippen LogP contribution < -0.4 is 20.1 Å². The van der Waals surface area contributed by atoms with Crippen molar-refractivity contribution in [1.29, 1.82) is 0 Å². The molecule has 6 nitrogen and oxygen atoms in total. The van der Waals surface area contributed by atoms with Crippen LogP contribution in [0.4, 0.5) is 5.69 Å². The summed E-state index contributed by atoms with van der Waals surface area (Å²) in [5.74, 6) is 1.24. The number of amides is 1. The number of nitrogens with zero attached hydrogens (tertiary/aromatic N) is 1. The van der Waals surface area contributed by atoms with Gasteiger partial charge in [0, 0.05) is 18.5 Å². The van der Waals surface area contributed by atoms with Gasteiger partial charge in [0.25, 0.3) is 0 Å². The molecule has 0 aliphatic rings. The van der Waals surface area contributed by atoms with Crippen molar-refractivity contribution in [2.75, 3.05) is 46.7 Å². The SMILES string of the molecule is COc1ccc(NC(=O)CC(C)NCCCN(C)C)c(OC)c1. The minimum atomic E-state index is -0.0407. The molecule has 1 aromatic carbocycles. The van der Waals surface area contributed by atoms with Gasteiger partial charge in [0.15, 0.2) is 0 Å². The second-order valence-corrected chi connectivity index (χ2v) is 5.83. The number of hydrogen-bond acceptors (Lipinski definition) is 5. The first kappa shape index (κ1) is 19.3. The van der Waals surface area contributed by atoms with Crippen LogP contribution in [0.5, 0.6) is 11.5 Å². The quantitative estimate of drug-likeness (QED) is 0.645. The predicted octanol–water partition coefficient (Wildman–Crippen LogP) is 1.96. The minimum absolute atomic E-state index is 0.0407. The second-order valence-electron chi connectivity index (χ2n) is 5.83. The van der Waals surface area contributed by atoms with Crippen molar-refractivity contribution in [1.82, 2.24) is 10.2 Å². The molecule has 1 amide bonds. The number of ether oxygens (including phenoxy) is 2. The Morgan fingerprint density at radius 1 is 1.26 bits per heavy atom. The number of rotatable bonds is 10. The van der Waals surface area contributed by atoms with Gasteiger partial charge in [0.05, 0.1) is 19.9 Å². The highest BCUT2D eigenvalue weighted by Gasteiger charge is 2.12. The lowest BCUT2D eigenvalue weighted by Gasteiger charge is -2.16. The highest BCUT2D eigenvalue weighted by Crippen LogP contribution is 2.29. The summed E-state index contributed by atoms with van der Waals surface area (Å²) in [4.78, 5) is 14.3. The van der Waals surface area contributed by atoms with Gasteiger partial charge in [-0.1, -0.05) is 0 Å². The Morgan fingerprint density at radius 2 is 2.00 bits per heavy atom. The Hall–Kier alpha value is -1.79. The van der Waals surface area contributed by atoms with Gasteiger partial charge in [0.2, 0.25) is 5.91 Å². The number of benzene rings is 1. The largest absolute Gasteiger partial charge is 0.497 e. The zero-order valence-electron chi connectivity index (χ0n) is 14.8. The average Bonchev–Trinajstić information content (AvgIpc) is 2.51. The zero-order chi connectivity index (χ0) is 17.2. The van der Waals surface area contributed by atoms with Crippen molar-refractivity contribution in [3.05, 3.63) is 18.2 Å². The van der Waals surface area contributed by atoms with E-state index in [0.717, 1.165) is 19.5 Å². The molecule has 1 unspecified atom stereocenters. The monoisotopic (exact) mass is 323 g/mol. The highest BCUT2D eigenvalue weighted by atomic mass is 16.5. The van der Waals surface area contributed by atoms with Gasteiger partial charge >= 0.3 is 0 Å². The van der Waals surface area contributed by atoms with Crippen LogP contribution in [0.25, 0.3) is 0 Å². The van der Waals surface area contributed by atoms with Crippen molar-refractivity contribution < 1.29 is 14.3 Å². The second kappa shape index (κ2) is 10.1. The number of nitrogens with one attached hydrogen (secondary N) is 2. The van der Waals surface area contributed by atoms with Crippen molar-refractivity contribution in [2.45, 2.75) is 25.8 Å². The number of carbonyl (C=O) groups excluding carboxylic acids is 1. The molecule has 0 saturated heterocycles. The number of carbonyl (C=O) groups is 1. The molecule has 2 N–H and O–H groups in total. The molecule has 1 aromatic rings. The maximum absolute atomic E-state index is 12.1. The van der Waals surface area contributed by atoms with E-state index in [9.17, 15) is 4.79 Å². The van der Waals surface area contributed by atoms with Gasteiger partial charge < -0.3 is 25.0 Å². The van der Waals surface area contributed by atoms with Crippen LogP contribution in [0.15, 0.2) is 18.2 Å². The molecule has 0 saturated carbocycles. The summed E-state index contributed by atoms with van der Waals surface area (Å²) in [5, 5.41) is 6.25. The lowest BCUT2D eigenvalue weighted by Crippen LogP contribution is -2.32. The van der Waals surface area contributed by atoms with Gasteiger partial charge in [-0.25, -0.2) is 0 Å². The normalized spacial score (nSPS) is 12.1. The van der Waals surface area contributed by atoms with Gasteiger partial charge in [0.1, 0.15) is 11.5 Å². The summed E-state index contributed by atoms with van der Waals surface area (Å²) in [7, 11) is 7.27. The van der Waals surface area contributed by atoms with E-state index in [1.807, 2.05) is 6.92 Å². The molecule has 0 fully saturated rings. The van der Waals surface area contributed by atoms with Crippen LogP contribution in [0, 0.1) is 0 Å². The maximum atomic E-state index is 12.1. The summed E-state index contributed by atoms with van der Waals surface area (Å²) >= 11 is 0. The van der Waals surface area contributed by atoms with Crippen LogP contribution in [0.3, 0.4) is 0 Å². The predicted molar refractivity (Wildman–Crippen MR) is 93.4 cm³/mol. The van der Waals surface area contributed by atoms with Gasteiger partial charge in [-0.05, 0) is 52.7 Å². The molecule has 0 aromatic heterocycles. The minimum Gasteiger partial charge on any atom is -0.497 e. The molecular formula is C17H29N3O3. The average molecular weight is 323 g/mol. The lowest BCUT2D eigenvalue weighted by atomic mass is 10.2. The molecule has 0 heterocycles. The maximum Gasteiger partial charge on any atom is 0.226 e. The van der Waals surface area contributed by atoms with E-state index in [4.69, 9.17) is 9.47 Å². The Labute approximate surface area is 139 Å². The van der Waals surface area contributed by atoms with E-state index in [0.29, 0.717) is 23.6 Å². The van der Waals surface area contributed by atoms with Crippen LogP contribution in [0.2, 0.25) is 0 Å². The van der Waals surface area contributed by atoms with Crippen LogP contribution in [-0.2, 0) is 4.79 Å². The van der Waals surface area contributed by atoms with Crippen molar-refractivity contribution in [2.24, 2.45) is 0 Å². The number of anilines is 1. The molecule has 1 atom stereocenters. The summed E-state index contributed by atoms with van der Waals surface area (Å²) in [6.07, 6.45) is 1.47. The summed E-state index contributed by atoms with van der Waals surface area (Å²) in [6.45, 7) is 3.95. The summed E-state index contributed by atoms with van der Waals surface area (Å²) in [5.41, 5.74) is 0.651. The Bertz CT molecular complexity index is 492. The van der Waals surface area contributed by atoms with Crippen LogP contribution >= 0.6 is 0 Å². The van der Waals surface area contributed by atoms with Gasteiger partial charge in [-0.3, -0.25) is 4.79 Å². The molecule has 1 rings (SSSR count). The third-order valence-corrected chi connectivity index (χ3v) is 3.45. The Morgan fingerprint density at radius 3 is 2.61 bits per heavy atom. The van der Waals surface area contributed by atoms with E-state index in [-0.39, 0.29) is 11.9 Å². The molecule has 6 heteroatoms. The number of hydrogen-bond donors (Lipinski definition) is 2. The first-order chi connectivity index (χ1) is 11.0. The summed E-state index contributed by atoms with van der Waals surface area (Å²) < 4.78 is 10.4. The standard InChI is InChI=1S/C17H29N3O3/c1-13(18-9-6-10-20(2)3)11-17(21)19-15-8-7-14(22-4)12-16(15)23-5/h7-8,12-13,18H,6,9-11H2,1-5H3,(H,19,21).